The largest absolute Gasteiger partial charge is 0.462 e. The van der Waals surface area contributed by atoms with Crippen molar-refractivity contribution < 1.29 is 13.9 Å². The van der Waals surface area contributed by atoms with Gasteiger partial charge in [0.1, 0.15) is 5.82 Å². The van der Waals surface area contributed by atoms with Gasteiger partial charge in [-0.2, -0.15) is 5.26 Å². The summed E-state index contributed by atoms with van der Waals surface area (Å²) >= 11 is 0. The van der Waals surface area contributed by atoms with Gasteiger partial charge < -0.3 is 10.5 Å². The van der Waals surface area contributed by atoms with Crippen LogP contribution >= 0.6 is 0 Å². The maximum absolute atomic E-state index is 13.2. The second-order valence-corrected chi connectivity index (χ2v) is 3.14. The predicted molar refractivity (Wildman–Crippen MR) is 55.9 cm³/mol. The van der Waals surface area contributed by atoms with E-state index >= 15 is 0 Å². The monoisotopic (exact) mass is 222 g/mol. The molecule has 0 aromatic heterocycles. The van der Waals surface area contributed by atoms with E-state index in [0.717, 1.165) is 6.07 Å². The molecule has 0 heterocycles. The van der Waals surface area contributed by atoms with Gasteiger partial charge in [0.25, 0.3) is 0 Å². The number of hydrogen-bond donors (Lipinski definition) is 1. The maximum Gasteiger partial charge on any atom is 0.341 e. The Morgan fingerprint density at radius 3 is 3.00 bits per heavy atom. The van der Waals surface area contributed by atoms with Gasteiger partial charge in [0.2, 0.25) is 0 Å². The Balaban J connectivity index is 2.59. The van der Waals surface area contributed by atoms with Crippen molar-refractivity contribution in [1.29, 1.82) is 5.26 Å². The standard InChI is InChI=1S/C11H11FN2O2/c12-10-4-3-8(14)7-9(10)11(15)16-6-2-1-5-13/h3-4,7H,1-2,6,14H2. The first-order valence-corrected chi connectivity index (χ1v) is 4.74. The highest BCUT2D eigenvalue weighted by Crippen LogP contribution is 2.13. The van der Waals surface area contributed by atoms with Crippen molar-refractivity contribution in [3.63, 3.8) is 0 Å². The van der Waals surface area contributed by atoms with Crippen LogP contribution in [0.1, 0.15) is 23.2 Å². The number of benzene rings is 1. The summed E-state index contributed by atoms with van der Waals surface area (Å²) < 4.78 is 18.0. The maximum atomic E-state index is 13.2. The first kappa shape index (κ1) is 12.0. The number of anilines is 1. The number of nitrogens with two attached hydrogens (primary N) is 1. The summed E-state index contributed by atoms with van der Waals surface area (Å²) in [4.78, 5) is 11.4. The zero-order valence-corrected chi connectivity index (χ0v) is 8.57. The number of esters is 1. The Hall–Kier alpha value is -2.09. The highest BCUT2D eigenvalue weighted by molar-refractivity contribution is 5.90. The summed E-state index contributed by atoms with van der Waals surface area (Å²) in [5, 5.41) is 8.26. The minimum absolute atomic E-state index is 0.0978. The SMILES string of the molecule is N#CCCCOC(=O)c1cc(N)ccc1F. The molecule has 2 N–H and O–H groups in total. The van der Waals surface area contributed by atoms with Gasteiger partial charge in [0.05, 0.1) is 18.2 Å². The van der Waals surface area contributed by atoms with Gasteiger partial charge in [0.15, 0.2) is 0 Å². The molecule has 0 radical (unpaired) electrons. The number of carbonyl (C=O) groups excluding carboxylic acids is 1. The number of nitrogens with zero attached hydrogens (tertiary/aromatic N) is 1. The van der Waals surface area contributed by atoms with Crippen molar-refractivity contribution in [3.05, 3.63) is 29.6 Å². The molecule has 0 atom stereocenters. The average molecular weight is 222 g/mol. The summed E-state index contributed by atoms with van der Waals surface area (Å²) in [6, 6.07) is 5.62. The third-order valence-electron chi connectivity index (χ3n) is 1.88. The molecule has 1 aromatic carbocycles. The molecule has 0 aliphatic rings. The molecule has 0 saturated heterocycles. The summed E-state index contributed by atoms with van der Waals surface area (Å²) in [5.41, 5.74) is 5.54. The molecular formula is C11H11FN2O2. The van der Waals surface area contributed by atoms with Gasteiger partial charge >= 0.3 is 5.97 Å². The van der Waals surface area contributed by atoms with Gasteiger partial charge in [-0.25, -0.2) is 9.18 Å². The van der Waals surface area contributed by atoms with E-state index in [-0.39, 0.29) is 12.2 Å². The fraction of sp³-hybridized carbons (Fsp3) is 0.273. The van der Waals surface area contributed by atoms with Gasteiger partial charge in [-0.3, -0.25) is 0 Å². The molecule has 0 saturated carbocycles. The number of halogens is 1. The van der Waals surface area contributed by atoms with Gasteiger partial charge in [-0.05, 0) is 24.6 Å². The molecule has 0 bridgehead atoms. The van der Waals surface area contributed by atoms with Crippen LogP contribution in [0.5, 0.6) is 0 Å². The normalized spacial score (nSPS) is 9.50. The smallest absolute Gasteiger partial charge is 0.341 e. The van der Waals surface area contributed by atoms with Crippen LogP contribution in [0, 0.1) is 17.1 Å². The number of nitriles is 1. The quantitative estimate of drug-likeness (QED) is 0.479. The molecule has 0 unspecified atom stereocenters. The van der Waals surface area contributed by atoms with E-state index in [0.29, 0.717) is 18.5 Å². The van der Waals surface area contributed by atoms with Gasteiger partial charge in [-0.1, -0.05) is 0 Å². The van der Waals surface area contributed by atoms with Crippen LogP contribution in [-0.2, 0) is 4.74 Å². The minimum Gasteiger partial charge on any atom is -0.462 e. The van der Waals surface area contributed by atoms with E-state index in [9.17, 15) is 9.18 Å². The number of ether oxygens (including phenoxy) is 1. The zero-order chi connectivity index (χ0) is 12.0. The Morgan fingerprint density at radius 2 is 2.31 bits per heavy atom. The molecule has 4 nitrogen and oxygen atoms in total. The molecule has 16 heavy (non-hydrogen) atoms. The lowest BCUT2D eigenvalue weighted by Gasteiger charge is -2.05. The molecule has 0 aliphatic heterocycles. The van der Waals surface area contributed by atoms with E-state index in [1.165, 1.54) is 12.1 Å². The van der Waals surface area contributed by atoms with E-state index in [1.807, 2.05) is 6.07 Å². The van der Waals surface area contributed by atoms with E-state index in [2.05, 4.69) is 0 Å². The Kier molecular flexibility index (Phi) is 4.28. The Morgan fingerprint density at radius 1 is 1.56 bits per heavy atom. The van der Waals surface area contributed by atoms with Crippen LogP contribution in [0.2, 0.25) is 0 Å². The fourth-order valence-corrected chi connectivity index (χ4v) is 1.09. The lowest BCUT2D eigenvalue weighted by molar-refractivity contribution is 0.0496. The van der Waals surface area contributed by atoms with Crippen LogP contribution in [0.15, 0.2) is 18.2 Å². The van der Waals surface area contributed by atoms with Crippen LogP contribution in [0.3, 0.4) is 0 Å². The van der Waals surface area contributed by atoms with Crippen molar-refractivity contribution >= 4 is 11.7 Å². The van der Waals surface area contributed by atoms with E-state index in [4.69, 9.17) is 15.7 Å². The number of hydrogen-bond acceptors (Lipinski definition) is 4. The second kappa shape index (κ2) is 5.71. The van der Waals surface area contributed by atoms with E-state index < -0.39 is 11.8 Å². The zero-order valence-electron chi connectivity index (χ0n) is 8.57. The lowest BCUT2D eigenvalue weighted by atomic mass is 10.2. The van der Waals surface area contributed by atoms with Crippen LogP contribution < -0.4 is 5.73 Å². The molecule has 0 spiro atoms. The topological polar surface area (TPSA) is 76.1 Å². The highest BCUT2D eigenvalue weighted by Gasteiger charge is 2.12. The molecule has 0 aliphatic carbocycles. The summed E-state index contributed by atoms with van der Waals surface area (Å²) in [6.07, 6.45) is 0.735. The van der Waals surface area contributed by atoms with Crippen molar-refractivity contribution in [2.75, 3.05) is 12.3 Å². The molecule has 1 aromatic rings. The van der Waals surface area contributed by atoms with Crippen LogP contribution in [0.25, 0.3) is 0 Å². The van der Waals surface area contributed by atoms with Crippen molar-refractivity contribution in [2.45, 2.75) is 12.8 Å². The molecule has 0 amide bonds. The molecule has 5 heteroatoms. The third kappa shape index (κ3) is 3.24. The van der Waals surface area contributed by atoms with Crippen LogP contribution in [0.4, 0.5) is 10.1 Å². The highest BCUT2D eigenvalue weighted by atomic mass is 19.1. The predicted octanol–water partition coefficient (Wildman–Crippen LogP) is 1.87. The minimum atomic E-state index is -0.761. The first-order valence-electron chi connectivity index (χ1n) is 4.74. The number of carbonyl (C=O) groups is 1. The van der Waals surface area contributed by atoms with Gasteiger partial charge in [0, 0.05) is 12.1 Å². The Labute approximate surface area is 92.4 Å². The second-order valence-electron chi connectivity index (χ2n) is 3.14. The molecule has 84 valence electrons. The van der Waals surface area contributed by atoms with Crippen LogP contribution in [-0.4, -0.2) is 12.6 Å². The summed E-state index contributed by atoms with van der Waals surface area (Å²) in [5.74, 6) is -1.43. The Bertz CT molecular complexity index is 426. The van der Waals surface area contributed by atoms with E-state index in [1.54, 1.807) is 0 Å². The van der Waals surface area contributed by atoms with Gasteiger partial charge in [-0.15, -0.1) is 0 Å². The number of rotatable bonds is 4. The van der Waals surface area contributed by atoms with Crippen molar-refractivity contribution in [1.82, 2.24) is 0 Å². The lowest BCUT2D eigenvalue weighted by Crippen LogP contribution is -2.09. The molecular weight excluding hydrogens is 211 g/mol. The summed E-state index contributed by atoms with van der Waals surface area (Å²) in [7, 11) is 0. The fourth-order valence-electron chi connectivity index (χ4n) is 1.09. The average Bonchev–Trinajstić information content (AvgIpc) is 2.27. The molecule has 0 fully saturated rings. The van der Waals surface area contributed by atoms with Crippen molar-refractivity contribution in [2.24, 2.45) is 0 Å². The number of unbranched alkanes of at least 4 members (excludes halogenated alkanes) is 1. The van der Waals surface area contributed by atoms with Crippen molar-refractivity contribution in [3.8, 4) is 6.07 Å². The summed E-state index contributed by atoms with van der Waals surface area (Å²) in [6.45, 7) is 0.0978. The number of nitrogen functional groups attached to an aromatic ring is 1. The molecule has 1 rings (SSSR count). The third-order valence-corrected chi connectivity index (χ3v) is 1.88. The first-order chi connectivity index (χ1) is 7.65.